The van der Waals surface area contributed by atoms with Gasteiger partial charge in [-0.05, 0) is 24.0 Å². The van der Waals surface area contributed by atoms with Crippen molar-refractivity contribution < 1.29 is 9.47 Å². The number of anilines is 2. The van der Waals surface area contributed by atoms with E-state index in [1.807, 2.05) is 0 Å². The molecule has 5 rings (SSSR count). The van der Waals surface area contributed by atoms with Crippen LogP contribution in [0.15, 0.2) is 42.4 Å². The van der Waals surface area contributed by atoms with Crippen molar-refractivity contribution in [3.8, 4) is 0 Å². The molecule has 4 aliphatic rings. The summed E-state index contributed by atoms with van der Waals surface area (Å²) < 4.78 is 11.8. The molecule has 0 saturated carbocycles. The van der Waals surface area contributed by atoms with Crippen LogP contribution in [0.1, 0.15) is 27.7 Å². The van der Waals surface area contributed by atoms with Crippen molar-refractivity contribution in [1.82, 2.24) is 14.8 Å². The summed E-state index contributed by atoms with van der Waals surface area (Å²) in [4.78, 5) is 14.0. The minimum absolute atomic E-state index is 0.431. The van der Waals surface area contributed by atoms with Gasteiger partial charge in [0.25, 0.3) is 0 Å². The van der Waals surface area contributed by atoms with Crippen molar-refractivity contribution in [3.05, 3.63) is 42.4 Å². The van der Waals surface area contributed by atoms with Crippen molar-refractivity contribution in [2.24, 2.45) is 11.8 Å². The van der Waals surface area contributed by atoms with Crippen LogP contribution < -0.4 is 9.80 Å². The van der Waals surface area contributed by atoms with Gasteiger partial charge in [0, 0.05) is 0 Å². The average Bonchev–Trinajstić information content (AvgIpc) is 3.40. The third-order valence-electron chi connectivity index (χ3n) is 6.16. The molecular weight excluding hydrogens is 354 g/mol. The highest BCUT2D eigenvalue weighted by Crippen LogP contribution is 2.35. The summed E-state index contributed by atoms with van der Waals surface area (Å²) >= 11 is 0. The third kappa shape index (κ3) is 2.75. The minimum Gasteiger partial charge on any atom is -0.476 e. The van der Waals surface area contributed by atoms with Crippen LogP contribution in [-0.4, -0.2) is 53.4 Å². The molecule has 7 heteroatoms. The highest BCUT2D eigenvalue weighted by Gasteiger charge is 2.39. The van der Waals surface area contributed by atoms with Crippen molar-refractivity contribution in [2.45, 2.75) is 39.8 Å². The molecule has 0 aliphatic carbocycles. The van der Waals surface area contributed by atoms with Crippen LogP contribution >= 0.6 is 0 Å². The molecule has 7 nitrogen and oxygen atoms in total. The lowest BCUT2D eigenvalue weighted by atomic mass is 10.1. The molecule has 0 unspecified atom stereocenters. The van der Waals surface area contributed by atoms with E-state index in [0.29, 0.717) is 23.9 Å². The first kappa shape index (κ1) is 17.5. The Morgan fingerprint density at radius 2 is 1.29 bits per heavy atom. The maximum Gasteiger partial charge on any atom is 0.208 e. The topological polar surface area (TPSA) is 44.3 Å². The lowest BCUT2D eigenvalue weighted by Crippen LogP contribution is -2.37. The molecule has 5 heterocycles. The molecule has 150 valence electrons. The Morgan fingerprint density at radius 3 is 1.71 bits per heavy atom. The molecule has 4 aliphatic heterocycles. The Labute approximate surface area is 166 Å². The average molecular weight is 383 g/mol. The molecule has 0 radical (unpaired) electrons. The summed E-state index contributed by atoms with van der Waals surface area (Å²) in [5.41, 5.74) is 0. The Balaban J connectivity index is 1.34. The van der Waals surface area contributed by atoms with Gasteiger partial charge in [0.1, 0.15) is 24.8 Å². The first-order valence-electron chi connectivity index (χ1n) is 10.2. The molecule has 1 aromatic rings. The highest BCUT2D eigenvalue weighted by atomic mass is 16.5. The molecule has 0 spiro atoms. The zero-order valence-electron chi connectivity index (χ0n) is 17.1. The van der Waals surface area contributed by atoms with Gasteiger partial charge in [0.15, 0.2) is 0 Å². The van der Waals surface area contributed by atoms with Gasteiger partial charge in [0.05, 0.1) is 37.8 Å². The van der Waals surface area contributed by atoms with Crippen LogP contribution in [0.2, 0.25) is 0 Å². The van der Waals surface area contributed by atoms with E-state index in [-0.39, 0.29) is 0 Å². The number of fused-ring (bicyclic) bond motifs is 2. The van der Waals surface area contributed by atoms with Crippen molar-refractivity contribution in [3.63, 3.8) is 0 Å². The van der Waals surface area contributed by atoms with Crippen molar-refractivity contribution in [1.29, 1.82) is 0 Å². The predicted molar refractivity (Wildman–Crippen MR) is 108 cm³/mol. The molecule has 0 aromatic carbocycles. The van der Waals surface area contributed by atoms with Gasteiger partial charge in [-0.1, -0.05) is 33.8 Å². The van der Waals surface area contributed by atoms with Crippen LogP contribution in [0.25, 0.3) is 0 Å². The number of nitrogens with zero attached hydrogens (tertiary/aromatic N) is 5. The molecule has 2 atom stereocenters. The normalized spacial score (nSPS) is 25.9. The van der Waals surface area contributed by atoms with E-state index in [1.54, 1.807) is 0 Å². The van der Waals surface area contributed by atoms with Crippen molar-refractivity contribution >= 4 is 11.6 Å². The molecule has 2 fully saturated rings. The van der Waals surface area contributed by atoms with Gasteiger partial charge in [0.2, 0.25) is 11.8 Å². The largest absolute Gasteiger partial charge is 0.476 e. The van der Waals surface area contributed by atoms with Crippen LogP contribution in [-0.2, 0) is 9.47 Å². The standard InChI is InChI=1S/C21H29N5O2/c1-14(2)16-10-27-20-8-23(12-25(16)20)18-6-5-7-19(22-18)24-9-21-26(13-24)17(11-28-21)15(3)4/h5-9,14-17H,10-13H2,1-4H3/t16-,17-/m1/s1. The molecule has 0 N–H and O–H groups in total. The number of aromatic nitrogens is 1. The number of hydrogen-bond acceptors (Lipinski definition) is 7. The van der Waals surface area contributed by atoms with E-state index in [9.17, 15) is 0 Å². The van der Waals surface area contributed by atoms with Gasteiger partial charge in [-0.3, -0.25) is 0 Å². The fraction of sp³-hybridized carbons (Fsp3) is 0.571. The Kier molecular flexibility index (Phi) is 4.07. The lowest BCUT2D eigenvalue weighted by molar-refractivity contribution is 0.243. The van der Waals surface area contributed by atoms with Gasteiger partial charge >= 0.3 is 0 Å². The molecule has 0 bridgehead atoms. The molecular formula is C21H29N5O2. The van der Waals surface area contributed by atoms with E-state index in [0.717, 1.165) is 50.0 Å². The summed E-state index contributed by atoms with van der Waals surface area (Å²) in [6.45, 7) is 12.1. The second-order valence-electron chi connectivity index (χ2n) is 8.70. The Bertz CT molecular complexity index is 758. The molecule has 1 aromatic heterocycles. The minimum atomic E-state index is 0.431. The number of hydrogen-bond donors (Lipinski definition) is 0. The maximum atomic E-state index is 5.89. The second kappa shape index (κ2) is 6.50. The SMILES string of the molecule is CC(C)[C@H]1COC2=CN(c3cccc(N4C=C5OC[C@H](C(C)C)N5C4)n3)CN21. The lowest BCUT2D eigenvalue weighted by Gasteiger charge is -2.27. The van der Waals surface area contributed by atoms with Crippen molar-refractivity contribution in [2.75, 3.05) is 36.4 Å². The van der Waals surface area contributed by atoms with Gasteiger partial charge in [-0.2, -0.15) is 0 Å². The number of pyridine rings is 1. The van der Waals surface area contributed by atoms with Crippen LogP contribution in [0, 0.1) is 11.8 Å². The van der Waals surface area contributed by atoms with E-state index in [1.165, 1.54) is 0 Å². The zero-order chi connectivity index (χ0) is 19.4. The van der Waals surface area contributed by atoms with E-state index < -0.39 is 0 Å². The number of ether oxygens (including phenoxy) is 2. The van der Waals surface area contributed by atoms with Crippen LogP contribution in [0.3, 0.4) is 0 Å². The predicted octanol–water partition coefficient (Wildman–Crippen LogP) is 2.95. The molecule has 2 saturated heterocycles. The summed E-state index contributed by atoms with van der Waals surface area (Å²) in [7, 11) is 0. The smallest absolute Gasteiger partial charge is 0.208 e. The number of rotatable bonds is 4. The quantitative estimate of drug-likeness (QED) is 0.792. The van der Waals surface area contributed by atoms with Gasteiger partial charge < -0.3 is 29.1 Å². The van der Waals surface area contributed by atoms with Gasteiger partial charge in [-0.25, -0.2) is 4.98 Å². The summed E-state index contributed by atoms with van der Waals surface area (Å²) in [5.74, 6) is 4.92. The highest BCUT2D eigenvalue weighted by molar-refractivity contribution is 5.54. The van der Waals surface area contributed by atoms with E-state index in [4.69, 9.17) is 14.5 Å². The summed E-state index contributed by atoms with van der Waals surface area (Å²) in [5, 5.41) is 0. The first-order chi connectivity index (χ1) is 13.5. The molecule has 28 heavy (non-hydrogen) atoms. The summed E-state index contributed by atoms with van der Waals surface area (Å²) in [6.07, 6.45) is 4.15. The van der Waals surface area contributed by atoms with Crippen LogP contribution in [0.4, 0.5) is 11.6 Å². The monoisotopic (exact) mass is 383 g/mol. The Hall–Kier alpha value is -2.57. The van der Waals surface area contributed by atoms with E-state index in [2.05, 4.69) is 77.9 Å². The third-order valence-corrected chi connectivity index (χ3v) is 6.16. The second-order valence-corrected chi connectivity index (χ2v) is 8.70. The first-order valence-corrected chi connectivity index (χ1v) is 10.2. The molecule has 0 amide bonds. The zero-order valence-corrected chi connectivity index (χ0v) is 17.1. The fourth-order valence-electron chi connectivity index (χ4n) is 4.38. The maximum absolute atomic E-state index is 5.89. The Morgan fingerprint density at radius 1 is 0.821 bits per heavy atom. The van der Waals surface area contributed by atoms with E-state index >= 15 is 0 Å². The van der Waals surface area contributed by atoms with Crippen LogP contribution in [0.5, 0.6) is 0 Å². The van der Waals surface area contributed by atoms with Gasteiger partial charge in [-0.15, -0.1) is 0 Å². The fourth-order valence-corrected chi connectivity index (χ4v) is 4.38. The summed E-state index contributed by atoms with van der Waals surface area (Å²) in [6, 6.07) is 7.05.